The third-order valence-corrected chi connectivity index (χ3v) is 4.55. The fourth-order valence-corrected chi connectivity index (χ4v) is 2.88. The highest BCUT2D eigenvalue weighted by Gasteiger charge is 2.33. The first-order valence-corrected chi connectivity index (χ1v) is 10.2. The van der Waals surface area contributed by atoms with Crippen molar-refractivity contribution in [2.75, 3.05) is 26.4 Å². The van der Waals surface area contributed by atoms with E-state index in [1.165, 1.54) is 12.8 Å². The topological polar surface area (TPSA) is 93.1 Å². The minimum absolute atomic E-state index is 0.219. The van der Waals surface area contributed by atoms with Gasteiger partial charge in [-0.05, 0) is 25.7 Å². The van der Waals surface area contributed by atoms with E-state index in [0.717, 1.165) is 38.5 Å². The molecule has 6 nitrogen and oxygen atoms in total. The minimum Gasteiger partial charge on any atom is -0.481 e. The number of unbranched alkanes of at least 4 members (excludes halogenated alkanes) is 6. The Balaban J connectivity index is 4.14. The monoisotopic (exact) mass is 374 g/mol. The van der Waals surface area contributed by atoms with Crippen molar-refractivity contribution in [2.45, 2.75) is 78.1 Å². The molecule has 0 aliphatic rings. The maximum atomic E-state index is 11.5. The van der Waals surface area contributed by atoms with Crippen LogP contribution in [-0.2, 0) is 19.1 Å². The highest BCUT2D eigenvalue weighted by Crippen LogP contribution is 2.21. The molecule has 0 spiro atoms. The summed E-state index contributed by atoms with van der Waals surface area (Å²) in [6.45, 7) is 6.05. The van der Waals surface area contributed by atoms with Crippen LogP contribution in [0.25, 0.3) is 0 Å². The van der Waals surface area contributed by atoms with Gasteiger partial charge in [0.15, 0.2) is 0 Å². The third-order valence-electron chi connectivity index (χ3n) is 4.55. The lowest BCUT2D eigenvalue weighted by molar-refractivity contribution is -0.155. The normalized spacial score (nSPS) is 13.5. The SMILES string of the molecule is CCCCCCOCCC(C(=O)O)C(CCOCCCCCC)C(=O)O. The zero-order valence-electron chi connectivity index (χ0n) is 16.6. The Hall–Kier alpha value is -1.14. The Morgan fingerprint density at radius 2 is 1.04 bits per heavy atom. The lowest BCUT2D eigenvalue weighted by Gasteiger charge is -2.20. The van der Waals surface area contributed by atoms with Gasteiger partial charge in [-0.1, -0.05) is 52.4 Å². The summed E-state index contributed by atoms with van der Waals surface area (Å²) in [6, 6.07) is 0. The van der Waals surface area contributed by atoms with Crippen molar-refractivity contribution in [1.82, 2.24) is 0 Å². The van der Waals surface area contributed by atoms with Crippen molar-refractivity contribution in [3.8, 4) is 0 Å². The molecule has 0 aromatic carbocycles. The molecule has 0 aliphatic heterocycles. The summed E-state index contributed by atoms with van der Waals surface area (Å²) in [5, 5.41) is 18.8. The summed E-state index contributed by atoms with van der Waals surface area (Å²) in [6.07, 6.45) is 9.20. The van der Waals surface area contributed by atoms with E-state index in [1.54, 1.807) is 0 Å². The van der Waals surface area contributed by atoms with Gasteiger partial charge in [-0.2, -0.15) is 0 Å². The molecule has 0 saturated heterocycles. The summed E-state index contributed by atoms with van der Waals surface area (Å²) in [7, 11) is 0. The molecule has 0 aromatic heterocycles. The summed E-state index contributed by atoms with van der Waals surface area (Å²) in [5.74, 6) is -4.02. The number of rotatable bonds is 19. The van der Waals surface area contributed by atoms with Crippen molar-refractivity contribution in [3.05, 3.63) is 0 Å². The second kappa shape index (κ2) is 17.3. The van der Waals surface area contributed by atoms with Crippen LogP contribution < -0.4 is 0 Å². The Kier molecular flexibility index (Phi) is 16.5. The molecule has 26 heavy (non-hydrogen) atoms. The molecular weight excluding hydrogens is 336 g/mol. The number of ether oxygens (including phenoxy) is 2. The van der Waals surface area contributed by atoms with Gasteiger partial charge in [-0.3, -0.25) is 9.59 Å². The molecule has 0 aromatic rings. The Morgan fingerprint density at radius 3 is 1.35 bits per heavy atom. The van der Waals surface area contributed by atoms with Crippen LogP contribution in [0.5, 0.6) is 0 Å². The molecule has 2 atom stereocenters. The summed E-state index contributed by atoms with van der Waals surface area (Å²) >= 11 is 0. The van der Waals surface area contributed by atoms with Gasteiger partial charge in [0.25, 0.3) is 0 Å². The predicted octanol–water partition coefficient (Wildman–Crippen LogP) is 4.36. The Bertz CT molecular complexity index is 324. The van der Waals surface area contributed by atoms with Gasteiger partial charge in [0.2, 0.25) is 0 Å². The Labute approximate surface area is 158 Å². The average molecular weight is 375 g/mol. The smallest absolute Gasteiger partial charge is 0.307 e. The average Bonchev–Trinajstić information content (AvgIpc) is 2.60. The van der Waals surface area contributed by atoms with Gasteiger partial charge in [-0.25, -0.2) is 0 Å². The zero-order chi connectivity index (χ0) is 19.6. The highest BCUT2D eigenvalue weighted by molar-refractivity contribution is 5.79. The molecule has 0 saturated carbocycles. The van der Waals surface area contributed by atoms with Crippen molar-refractivity contribution in [1.29, 1.82) is 0 Å². The van der Waals surface area contributed by atoms with Gasteiger partial charge >= 0.3 is 11.9 Å². The molecule has 0 heterocycles. The van der Waals surface area contributed by atoms with Crippen molar-refractivity contribution in [2.24, 2.45) is 11.8 Å². The lowest BCUT2D eigenvalue weighted by Crippen LogP contribution is -2.32. The van der Waals surface area contributed by atoms with Gasteiger partial charge in [0, 0.05) is 26.4 Å². The number of carbonyl (C=O) groups is 2. The molecule has 0 bridgehead atoms. The van der Waals surface area contributed by atoms with Crippen LogP contribution in [0.1, 0.15) is 78.1 Å². The van der Waals surface area contributed by atoms with E-state index < -0.39 is 23.8 Å². The van der Waals surface area contributed by atoms with E-state index >= 15 is 0 Å². The highest BCUT2D eigenvalue weighted by atomic mass is 16.5. The Morgan fingerprint density at radius 1 is 0.654 bits per heavy atom. The van der Waals surface area contributed by atoms with Crippen LogP contribution in [0.2, 0.25) is 0 Å². The summed E-state index contributed by atoms with van der Waals surface area (Å²) in [5.41, 5.74) is 0. The van der Waals surface area contributed by atoms with Gasteiger partial charge in [-0.15, -0.1) is 0 Å². The van der Waals surface area contributed by atoms with E-state index in [1.807, 2.05) is 0 Å². The fourth-order valence-electron chi connectivity index (χ4n) is 2.88. The van der Waals surface area contributed by atoms with E-state index in [0.29, 0.717) is 13.2 Å². The molecular formula is C20H38O6. The molecule has 2 unspecified atom stereocenters. The van der Waals surface area contributed by atoms with Crippen LogP contribution in [0.15, 0.2) is 0 Å². The van der Waals surface area contributed by atoms with Crippen LogP contribution in [0.4, 0.5) is 0 Å². The zero-order valence-corrected chi connectivity index (χ0v) is 16.6. The first-order valence-electron chi connectivity index (χ1n) is 10.2. The molecule has 0 aliphatic carbocycles. The molecule has 154 valence electrons. The predicted molar refractivity (Wildman–Crippen MR) is 101 cm³/mol. The molecule has 6 heteroatoms. The van der Waals surface area contributed by atoms with E-state index in [9.17, 15) is 19.8 Å². The maximum absolute atomic E-state index is 11.5. The molecule has 0 fully saturated rings. The first kappa shape index (κ1) is 24.9. The second-order valence-electron chi connectivity index (χ2n) is 6.81. The summed E-state index contributed by atoms with van der Waals surface area (Å²) < 4.78 is 11.0. The number of aliphatic carboxylic acids is 2. The van der Waals surface area contributed by atoms with Gasteiger partial charge in [0.1, 0.15) is 0 Å². The van der Waals surface area contributed by atoms with Crippen LogP contribution in [-0.4, -0.2) is 48.6 Å². The molecule has 0 rings (SSSR count). The maximum Gasteiger partial charge on any atom is 0.307 e. The van der Waals surface area contributed by atoms with Crippen LogP contribution in [0, 0.1) is 11.8 Å². The largest absolute Gasteiger partial charge is 0.481 e. The molecule has 0 radical (unpaired) electrons. The van der Waals surface area contributed by atoms with E-state index in [-0.39, 0.29) is 26.1 Å². The van der Waals surface area contributed by atoms with Crippen molar-refractivity contribution in [3.63, 3.8) is 0 Å². The first-order chi connectivity index (χ1) is 12.5. The summed E-state index contributed by atoms with van der Waals surface area (Å²) in [4.78, 5) is 23.0. The van der Waals surface area contributed by atoms with Gasteiger partial charge < -0.3 is 19.7 Å². The molecule has 2 N–H and O–H groups in total. The molecule has 0 amide bonds. The number of hydrogen-bond donors (Lipinski definition) is 2. The third kappa shape index (κ3) is 13.1. The second-order valence-corrected chi connectivity index (χ2v) is 6.81. The lowest BCUT2D eigenvalue weighted by atomic mass is 9.87. The number of carboxylic acid groups (broad SMARTS) is 2. The van der Waals surface area contributed by atoms with Crippen LogP contribution in [0.3, 0.4) is 0 Å². The van der Waals surface area contributed by atoms with E-state index in [4.69, 9.17) is 9.47 Å². The van der Waals surface area contributed by atoms with Crippen molar-refractivity contribution < 1.29 is 29.3 Å². The fraction of sp³-hybridized carbons (Fsp3) is 0.900. The van der Waals surface area contributed by atoms with Crippen molar-refractivity contribution >= 4 is 11.9 Å². The quantitative estimate of drug-likeness (QED) is 0.326. The minimum atomic E-state index is -1.07. The van der Waals surface area contributed by atoms with Gasteiger partial charge in [0.05, 0.1) is 11.8 Å². The van der Waals surface area contributed by atoms with Crippen LogP contribution >= 0.6 is 0 Å². The number of carboxylic acids is 2. The van der Waals surface area contributed by atoms with E-state index in [2.05, 4.69) is 13.8 Å². The standard InChI is InChI=1S/C20H38O6/c1-3-5-7-9-13-25-15-11-17(19(21)22)18(20(23)24)12-16-26-14-10-8-6-4-2/h17-18H,3-16H2,1-2H3,(H,21,22)(H,23,24). The number of hydrogen-bond acceptors (Lipinski definition) is 4.